The van der Waals surface area contributed by atoms with Gasteiger partial charge in [-0.2, -0.15) is 12.8 Å². The number of hydrogen-bond acceptors (Lipinski definition) is 6. The zero-order chi connectivity index (χ0) is 18.6. The Morgan fingerprint density at radius 1 is 0.960 bits per heavy atom. The molecule has 0 spiro atoms. The van der Waals surface area contributed by atoms with Crippen LogP contribution in [0.3, 0.4) is 0 Å². The Labute approximate surface area is 142 Å². The van der Waals surface area contributed by atoms with Crippen molar-refractivity contribution in [2.45, 2.75) is 4.90 Å². The van der Waals surface area contributed by atoms with Gasteiger partial charge < -0.3 is 10.4 Å². The lowest BCUT2D eigenvalue weighted by atomic mass is 10.2. The lowest BCUT2D eigenvalue weighted by Gasteiger charge is -2.16. The molecule has 130 valence electrons. The number of carbonyl (C=O) groups excluding carboxylic acids is 2. The monoisotopic (exact) mass is 363 g/mol. The van der Waals surface area contributed by atoms with Crippen molar-refractivity contribution in [3.8, 4) is 0 Å². The summed E-state index contributed by atoms with van der Waals surface area (Å²) in [5.74, 6) is 1.01. The van der Waals surface area contributed by atoms with Crippen LogP contribution in [0.4, 0.5) is 5.69 Å². The summed E-state index contributed by atoms with van der Waals surface area (Å²) in [4.78, 5) is 34.8. The summed E-state index contributed by atoms with van der Waals surface area (Å²) >= 11 is 0. The quantitative estimate of drug-likeness (QED) is 0.308. The van der Waals surface area contributed by atoms with Crippen LogP contribution in [0.15, 0.2) is 59.5 Å². The lowest BCUT2D eigenvalue weighted by molar-refractivity contribution is -0.140. The van der Waals surface area contributed by atoms with Crippen molar-refractivity contribution in [3.05, 3.63) is 60.2 Å². The van der Waals surface area contributed by atoms with Crippen LogP contribution in [-0.4, -0.2) is 35.7 Å². The van der Waals surface area contributed by atoms with Gasteiger partial charge in [0.05, 0.1) is 16.1 Å². The summed E-state index contributed by atoms with van der Waals surface area (Å²) in [5, 5.41) is 11.1. The maximum Gasteiger partial charge on any atom is 0.340 e. The van der Waals surface area contributed by atoms with E-state index in [1.165, 1.54) is 48.5 Å². The van der Waals surface area contributed by atoms with E-state index in [-0.39, 0.29) is 20.6 Å². The van der Waals surface area contributed by atoms with Crippen molar-refractivity contribution >= 4 is 33.5 Å². The second-order valence-electron chi connectivity index (χ2n) is 4.72. The van der Waals surface area contributed by atoms with E-state index in [4.69, 9.17) is 10.9 Å². The number of nitrogens with one attached hydrogen (secondary N) is 1. The number of sulfonamides is 1. The summed E-state index contributed by atoms with van der Waals surface area (Å²) in [5.41, 5.74) is -0.433. The fourth-order valence-electron chi connectivity index (χ4n) is 1.87. The van der Waals surface area contributed by atoms with Crippen LogP contribution < -0.4 is 11.2 Å². The van der Waals surface area contributed by atoms with Gasteiger partial charge in [0.15, 0.2) is 0 Å². The van der Waals surface area contributed by atoms with E-state index in [1.54, 1.807) is 6.07 Å². The van der Waals surface area contributed by atoms with Crippen molar-refractivity contribution in [1.29, 1.82) is 0 Å². The molecule has 4 N–H and O–H groups in total. The Hall–Kier alpha value is -3.24. The van der Waals surface area contributed by atoms with E-state index in [1.807, 2.05) is 5.32 Å². The van der Waals surface area contributed by atoms with E-state index in [9.17, 15) is 22.8 Å². The molecule has 0 aromatic heterocycles. The Balaban J connectivity index is 2.23. The minimum Gasteiger partial charge on any atom is -0.478 e. The van der Waals surface area contributed by atoms with Crippen LogP contribution in [0.5, 0.6) is 0 Å². The van der Waals surface area contributed by atoms with Crippen LogP contribution in [-0.2, 0) is 19.6 Å². The highest BCUT2D eigenvalue weighted by molar-refractivity contribution is 7.89. The van der Waals surface area contributed by atoms with Gasteiger partial charge in [-0.3, -0.25) is 9.59 Å². The van der Waals surface area contributed by atoms with Gasteiger partial charge in [-0.15, -0.1) is 0 Å². The van der Waals surface area contributed by atoms with Crippen LogP contribution in [0.25, 0.3) is 0 Å². The smallest absolute Gasteiger partial charge is 0.340 e. The third-order valence-corrected chi connectivity index (χ3v) is 4.65. The van der Waals surface area contributed by atoms with E-state index >= 15 is 0 Å². The molecule has 0 saturated heterocycles. The maximum absolute atomic E-state index is 12.2. The molecule has 25 heavy (non-hydrogen) atoms. The first-order chi connectivity index (χ1) is 11.7. The standard InChI is InChI=1S/C15H13N3O6S/c16-18(25(23,24)10-6-2-1-3-7-10)14(20)13(19)17-12-9-5-4-8-11(12)15(21)22/h1-9H,16H2,(H,17,19)(H,21,22). The number of rotatable bonds is 4. The third kappa shape index (κ3) is 3.82. The second-order valence-corrected chi connectivity index (χ2v) is 6.54. The zero-order valence-corrected chi connectivity index (χ0v) is 13.4. The number of nitrogens with zero attached hydrogens (tertiary/aromatic N) is 1. The van der Waals surface area contributed by atoms with Gasteiger partial charge in [-0.1, -0.05) is 30.3 Å². The molecule has 0 radical (unpaired) electrons. The van der Waals surface area contributed by atoms with E-state index in [0.29, 0.717) is 0 Å². The van der Waals surface area contributed by atoms with Crippen LogP contribution in [0.2, 0.25) is 0 Å². The van der Waals surface area contributed by atoms with Gasteiger partial charge in [0.2, 0.25) is 0 Å². The molecule has 0 heterocycles. The van der Waals surface area contributed by atoms with E-state index in [2.05, 4.69) is 0 Å². The molecule has 2 aromatic rings. The maximum atomic E-state index is 12.2. The van der Waals surface area contributed by atoms with Crippen molar-refractivity contribution < 1.29 is 27.9 Å². The molecule has 10 heteroatoms. The molecular formula is C15H13N3O6S. The van der Waals surface area contributed by atoms with Crippen LogP contribution in [0.1, 0.15) is 10.4 Å². The number of carboxylic acids is 1. The molecule has 0 aliphatic heterocycles. The number of hydrazine groups is 1. The first-order valence-corrected chi connectivity index (χ1v) is 8.22. The Bertz CT molecular complexity index is 927. The minimum atomic E-state index is -4.42. The number of amides is 2. The average molecular weight is 363 g/mol. The molecule has 0 fully saturated rings. The number of carboxylic acid groups (broad SMARTS) is 1. The summed E-state index contributed by atoms with van der Waals surface area (Å²) in [6.07, 6.45) is 0. The molecule has 0 bridgehead atoms. The Morgan fingerprint density at radius 2 is 1.52 bits per heavy atom. The molecule has 9 nitrogen and oxygen atoms in total. The fourth-order valence-corrected chi connectivity index (χ4v) is 2.90. The third-order valence-electron chi connectivity index (χ3n) is 3.10. The topological polar surface area (TPSA) is 147 Å². The van der Waals surface area contributed by atoms with Gasteiger partial charge in [0.1, 0.15) is 0 Å². The lowest BCUT2D eigenvalue weighted by Crippen LogP contribution is -2.47. The normalized spacial score (nSPS) is 10.8. The summed E-state index contributed by atoms with van der Waals surface area (Å²) in [6.45, 7) is 0. The summed E-state index contributed by atoms with van der Waals surface area (Å²) in [6, 6.07) is 12.2. The van der Waals surface area contributed by atoms with Gasteiger partial charge >= 0.3 is 17.8 Å². The van der Waals surface area contributed by atoms with Crippen molar-refractivity contribution in [1.82, 2.24) is 4.41 Å². The molecule has 2 rings (SSSR count). The number of benzene rings is 2. The molecule has 2 amide bonds. The van der Waals surface area contributed by atoms with Gasteiger partial charge in [0, 0.05) is 0 Å². The predicted octanol–water partition coefficient (Wildman–Crippen LogP) is 0.414. The molecule has 0 aliphatic rings. The average Bonchev–Trinajstić information content (AvgIpc) is 2.61. The van der Waals surface area contributed by atoms with Crippen molar-refractivity contribution in [2.24, 2.45) is 5.84 Å². The number of carbonyl (C=O) groups is 3. The summed E-state index contributed by atoms with van der Waals surface area (Å²) < 4.78 is 24.2. The molecule has 0 unspecified atom stereocenters. The molecule has 2 aromatic carbocycles. The van der Waals surface area contributed by atoms with Crippen LogP contribution in [0, 0.1) is 0 Å². The highest BCUT2D eigenvalue weighted by atomic mass is 32.2. The van der Waals surface area contributed by atoms with E-state index in [0.717, 1.165) is 0 Å². The van der Waals surface area contributed by atoms with Gasteiger partial charge in [-0.25, -0.2) is 10.6 Å². The number of aromatic carboxylic acids is 1. The fraction of sp³-hybridized carbons (Fsp3) is 0. The van der Waals surface area contributed by atoms with E-state index < -0.39 is 27.8 Å². The second kappa shape index (κ2) is 7.11. The highest BCUT2D eigenvalue weighted by Crippen LogP contribution is 2.16. The first-order valence-electron chi connectivity index (χ1n) is 6.78. The number of nitrogens with two attached hydrogens (primary N) is 1. The van der Waals surface area contributed by atoms with Gasteiger partial charge in [0.25, 0.3) is 10.0 Å². The van der Waals surface area contributed by atoms with Gasteiger partial charge in [-0.05, 0) is 24.3 Å². The Kier molecular flexibility index (Phi) is 5.15. The van der Waals surface area contributed by atoms with Crippen molar-refractivity contribution in [3.63, 3.8) is 0 Å². The van der Waals surface area contributed by atoms with Crippen LogP contribution >= 0.6 is 0 Å². The molecular weight excluding hydrogens is 350 g/mol. The Morgan fingerprint density at radius 3 is 2.12 bits per heavy atom. The number of hydrogen-bond donors (Lipinski definition) is 3. The molecule has 0 aliphatic carbocycles. The zero-order valence-electron chi connectivity index (χ0n) is 12.6. The molecule has 0 atom stereocenters. The highest BCUT2D eigenvalue weighted by Gasteiger charge is 2.31. The SMILES string of the molecule is NN(C(=O)C(=O)Nc1ccccc1C(=O)O)S(=O)(=O)c1ccccc1. The van der Waals surface area contributed by atoms with Crippen molar-refractivity contribution in [2.75, 3.05) is 5.32 Å². The first kappa shape index (κ1) is 18.1. The number of anilines is 1. The molecule has 0 saturated carbocycles. The predicted molar refractivity (Wildman–Crippen MR) is 86.7 cm³/mol. The largest absolute Gasteiger partial charge is 0.478 e. The number of para-hydroxylation sites is 1. The summed E-state index contributed by atoms with van der Waals surface area (Å²) in [7, 11) is -4.42. The minimum absolute atomic E-state index is 0.168.